The minimum atomic E-state index is -0.658. The average molecular weight is 239 g/mol. The van der Waals surface area contributed by atoms with Gasteiger partial charge in [-0.2, -0.15) is 0 Å². The van der Waals surface area contributed by atoms with E-state index >= 15 is 0 Å². The van der Waals surface area contributed by atoms with Gasteiger partial charge in [0.05, 0.1) is 11.3 Å². The van der Waals surface area contributed by atoms with E-state index in [9.17, 15) is 9.18 Å². The summed E-state index contributed by atoms with van der Waals surface area (Å²) in [5, 5.41) is 2.95. The quantitative estimate of drug-likeness (QED) is 0.687. The van der Waals surface area contributed by atoms with Gasteiger partial charge < -0.3 is 16.8 Å². The molecule has 0 spiro atoms. The van der Waals surface area contributed by atoms with Gasteiger partial charge in [-0.15, -0.1) is 0 Å². The van der Waals surface area contributed by atoms with Gasteiger partial charge in [-0.05, 0) is 18.1 Å². The first-order valence-corrected chi connectivity index (χ1v) is 5.58. The number of amides is 1. The Balaban J connectivity index is 2.92. The molecule has 0 aliphatic rings. The van der Waals surface area contributed by atoms with Gasteiger partial charge in [-0.1, -0.05) is 20.3 Å². The number of benzene rings is 1. The molecule has 0 aliphatic carbocycles. The zero-order valence-corrected chi connectivity index (χ0v) is 10.1. The summed E-state index contributed by atoms with van der Waals surface area (Å²) in [4.78, 5) is 11.1. The van der Waals surface area contributed by atoms with Gasteiger partial charge in [0.25, 0.3) is 5.91 Å². The maximum Gasteiger partial charge on any atom is 0.250 e. The summed E-state index contributed by atoms with van der Waals surface area (Å²) in [6.07, 6.45) is 0.992. The summed E-state index contributed by atoms with van der Waals surface area (Å²) in [6.45, 7) is 4.74. The molecule has 1 amide bonds. The van der Waals surface area contributed by atoms with Gasteiger partial charge in [-0.3, -0.25) is 4.79 Å². The van der Waals surface area contributed by atoms with Crippen molar-refractivity contribution in [2.45, 2.75) is 20.3 Å². The Morgan fingerprint density at radius 1 is 1.53 bits per heavy atom. The molecule has 1 aromatic rings. The van der Waals surface area contributed by atoms with Gasteiger partial charge >= 0.3 is 0 Å². The largest absolute Gasteiger partial charge is 0.398 e. The summed E-state index contributed by atoms with van der Waals surface area (Å²) in [6, 6.07) is 2.47. The number of primary amides is 1. The molecule has 0 bridgehead atoms. The van der Waals surface area contributed by atoms with Crippen molar-refractivity contribution >= 4 is 17.3 Å². The van der Waals surface area contributed by atoms with Crippen molar-refractivity contribution in [3.8, 4) is 0 Å². The number of hydrogen-bond donors (Lipinski definition) is 3. The number of carbonyl (C=O) groups excluding carboxylic acids is 1. The molecule has 94 valence electrons. The number of anilines is 2. The smallest absolute Gasteiger partial charge is 0.250 e. The molecule has 0 aliphatic heterocycles. The molecular formula is C12H18FN3O. The van der Waals surface area contributed by atoms with Crippen molar-refractivity contribution in [1.29, 1.82) is 0 Å². The van der Waals surface area contributed by atoms with E-state index in [-0.39, 0.29) is 16.9 Å². The van der Waals surface area contributed by atoms with Crippen LogP contribution < -0.4 is 16.8 Å². The van der Waals surface area contributed by atoms with Gasteiger partial charge in [0.15, 0.2) is 0 Å². The van der Waals surface area contributed by atoms with Crippen LogP contribution in [-0.4, -0.2) is 12.5 Å². The lowest BCUT2D eigenvalue weighted by molar-refractivity contribution is 0.100. The molecule has 1 atom stereocenters. The fourth-order valence-corrected chi connectivity index (χ4v) is 1.37. The zero-order valence-electron chi connectivity index (χ0n) is 10.1. The van der Waals surface area contributed by atoms with E-state index in [4.69, 9.17) is 11.5 Å². The van der Waals surface area contributed by atoms with Gasteiger partial charge in [0, 0.05) is 12.2 Å². The molecular weight excluding hydrogens is 221 g/mol. The van der Waals surface area contributed by atoms with Crippen LogP contribution >= 0.6 is 0 Å². The highest BCUT2D eigenvalue weighted by Crippen LogP contribution is 2.22. The van der Waals surface area contributed by atoms with Crippen molar-refractivity contribution < 1.29 is 9.18 Å². The number of nitrogen functional groups attached to an aromatic ring is 1. The first-order valence-electron chi connectivity index (χ1n) is 5.58. The Labute approximate surface area is 100 Å². The van der Waals surface area contributed by atoms with Crippen molar-refractivity contribution in [2.75, 3.05) is 17.6 Å². The maximum atomic E-state index is 13.6. The fourth-order valence-electron chi connectivity index (χ4n) is 1.37. The Kier molecular flexibility index (Phi) is 4.31. The second kappa shape index (κ2) is 5.52. The van der Waals surface area contributed by atoms with Crippen LogP contribution in [0.1, 0.15) is 30.6 Å². The summed E-state index contributed by atoms with van der Waals surface area (Å²) in [7, 11) is 0. The third-order valence-electron chi connectivity index (χ3n) is 2.74. The van der Waals surface area contributed by atoms with Crippen molar-refractivity contribution in [2.24, 2.45) is 11.7 Å². The number of hydrogen-bond acceptors (Lipinski definition) is 3. The zero-order chi connectivity index (χ0) is 13.0. The molecule has 0 saturated heterocycles. The summed E-state index contributed by atoms with van der Waals surface area (Å²) < 4.78 is 13.6. The molecule has 5 heteroatoms. The average Bonchev–Trinajstić information content (AvgIpc) is 2.26. The summed E-state index contributed by atoms with van der Waals surface area (Å²) >= 11 is 0. The van der Waals surface area contributed by atoms with Crippen LogP contribution in [0.15, 0.2) is 12.1 Å². The van der Waals surface area contributed by atoms with Crippen molar-refractivity contribution in [3.05, 3.63) is 23.5 Å². The predicted octanol–water partition coefficient (Wildman–Crippen LogP) is 1.96. The molecule has 17 heavy (non-hydrogen) atoms. The number of nitrogens with two attached hydrogens (primary N) is 2. The highest BCUT2D eigenvalue weighted by Gasteiger charge is 2.12. The van der Waals surface area contributed by atoms with Crippen LogP contribution in [0.3, 0.4) is 0 Å². The summed E-state index contributed by atoms with van der Waals surface area (Å²) in [5.41, 5.74) is 11.1. The SMILES string of the molecule is CCC(C)CNc1cc(C(N)=O)c(N)cc1F. The Hall–Kier alpha value is -1.78. The van der Waals surface area contributed by atoms with E-state index in [0.717, 1.165) is 12.5 Å². The maximum absolute atomic E-state index is 13.6. The number of carbonyl (C=O) groups is 1. The Morgan fingerprint density at radius 3 is 2.71 bits per heavy atom. The molecule has 5 N–H and O–H groups in total. The van der Waals surface area contributed by atoms with Crippen LogP contribution in [0.5, 0.6) is 0 Å². The normalized spacial score (nSPS) is 12.2. The lowest BCUT2D eigenvalue weighted by Gasteiger charge is -2.13. The minimum absolute atomic E-state index is 0.0593. The highest BCUT2D eigenvalue weighted by molar-refractivity contribution is 5.99. The monoisotopic (exact) mass is 239 g/mol. The van der Waals surface area contributed by atoms with Crippen LogP contribution in [0.25, 0.3) is 0 Å². The van der Waals surface area contributed by atoms with E-state index in [1.807, 2.05) is 0 Å². The third-order valence-corrected chi connectivity index (χ3v) is 2.74. The lowest BCUT2D eigenvalue weighted by atomic mass is 10.1. The number of rotatable bonds is 5. The van der Waals surface area contributed by atoms with Crippen molar-refractivity contribution in [1.82, 2.24) is 0 Å². The van der Waals surface area contributed by atoms with E-state index in [2.05, 4.69) is 19.2 Å². The lowest BCUT2D eigenvalue weighted by Crippen LogP contribution is -2.16. The van der Waals surface area contributed by atoms with Crippen LogP contribution in [-0.2, 0) is 0 Å². The molecule has 1 aromatic carbocycles. The predicted molar refractivity (Wildman–Crippen MR) is 67.3 cm³/mol. The number of halogens is 1. The first kappa shape index (κ1) is 13.3. The van der Waals surface area contributed by atoms with Crippen LogP contribution in [0.4, 0.5) is 15.8 Å². The molecule has 0 radical (unpaired) electrons. The Morgan fingerprint density at radius 2 is 2.18 bits per heavy atom. The fraction of sp³-hybridized carbons (Fsp3) is 0.417. The molecule has 1 unspecified atom stereocenters. The highest BCUT2D eigenvalue weighted by atomic mass is 19.1. The van der Waals surface area contributed by atoms with E-state index < -0.39 is 11.7 Å². The third kappa shape index (κ3) is 3.34. The molecule has 0 fully saturated rings. The Bertz CT molecular complexity index is 420. The first-order chi connectivity index (χ1) is 7.95. The molecule has 0 heterocycles. The van der Waals surface area contributed by atoms with E-state index in [0.29, 0.717) is 12.5 Å². The molecule has 1 rings (SSSR count). The molecule has 0 aromatic heterocycles. The summed E-state index contributed by atoms with van der Waals surface area (Å²) in [5.74, 6) is -0.714. The van der Waals surface area contributed by atoms with E-state index in [1.54, 1.807) is 0 Å². The van der Waals surface area contributed by atoms with Gasteiger partial charge in [0.1, 0.15) is 5.82 Å². The van der Waals surface area contributed by atoms with Crippen LogP contribution in [0.2, 0.25) is 0 Å². The standard InChI is InChI=1S/C12H18FN3O/c1-3-7(2)6-16-11-4-8(12(15)17)10(14)5-9(11)13/h4-5,7,16H,3,6,14H2,1-2H3,(H2,15,17). The van der Waals surface area contributed by atoms with Gasteiger partial charge in [-0.25, -0.2) is 4.39 Å². The number of nitrogens with one attached hydrogen (secondary N) is 1. The second-order valence-corrected chi connectivity index (χ2v) is 4.18. The molecule has 4 nitrogen and oxygen atoms in total. The van der Waals surface area contributed by atoms with E-state index in [1.165, 1.54) is 6.07 Å². The topological polar surface area (TPSA) is 81.1 Å². The van der Waals surface area contributed by atoms with Gasteiger partial charge in [0.2, 0.25) is 0 Å². The van der Waals surface area contributed by atoms with Crippen LogP contribution in [0, 0.1) is 11.7 Å². The van der Waals surface area contributed by atoms with Crippen molar-refractivity contribution in [3.63, 3.8) is 0 Å². The minimum Gasteiger partial charge on any atom is -0.398 e. The molecule has 0 saturated carbocycles. The second-order valence-electron chi connectivity index (χ2n) is 4.18.